The van der Waals surface area contributed by atoms with Crippen LogP contribution in [-0.4, -0.2) is 33.0 Å². The number of aromatic nitrogens is 3. The van der Waals surface area contributed by atoms with Gasteiger partial charge in [-0.05, 0) is 30.9 Å². The second-order valence-corrected chi connectivity index (χ2v) is 8.64. The van der Waals surface area contributed by atoms with Gasteiger partial charge in [-0.2, -0.15) is 0 Å². The third kappa shape index (κ3) is 5.36. The van der Waals surface area contributed by atoms with Crippen LogP contribution in [-0.2, 0) is 24.2 Å². The van der Waals surface area contributed by atoms with Crippen molar-refractivity contribution in [3.63, 3.8) is 0 Å². The van der Waals surface area contributed by atoms with Crippen molar-refractivity contribution < 1.29 is 4.79 Å². The summed E-state index contributed by atoms with van der Waals surface area (Å²) in [5, 5.41) is 14.6. The lowest BCUT2D eigenvalue weighted by Crippen LogP contribution is -2.27. The van der Waals surface area contributed by atoms with Gasteiger partial charge >= 0.3 is 0 Å². The third-order valence-corrected chi connectivity index (χ3v) is 6.56. The third-order valence-electron chi connectivity index (χ3n) is 4.64. The average Bonchev–Trinajstić information content (AvgIpc) is 3.30. The highest BCUT2D eigenvalue weighted by Crippen LogP contribution is 2.32. The van der Waals surface area contributed by atoms with Gasteiger partial charge in [0.15, 0.2) is 11.0 Å². The number of thioether (sulfide) groups is 1. The Kier molecular flexibility index (Phi) is 7.66. The van der Waals surface area contributed by atoms with E-state index in [2.05, 4.69) is 53.5 Å². The van der Waals surface area contributed by atoms with Crippen molar-refractivity contribution in [2.45, 2.75) is 38.4 Å². The van der Waals surface area contributed by atoms with Gasteiger partial charge in [0, 0.05) is 28.9 Å². The highest BCUT2D eigenvalue weighted by atomic mass is 32.2. The number of amides is 1. The van der Waals surface area contributed by atoms with Crippen LogP contribution in [0, 0.1) is 6.92 Å². The van der Waals surface area contributed by atoms with E-state index in [-0.39, 0.29) is 5.91 Å². The maximum Gasteiger partial charge on any atom is 0.230 e. The van der Waals surface area contributed by atoms with Gasteiger partial charge in [-0.15, -0.1) is 28.1 Å². The lowest BCUT2D eigenvalue weighted by Gasteiger charge is -2.09. The van der Waals surface area contributed by atoms with E-state index < -0.39 is 0 Å². The Morgan fingerprint density at radius 1 is 1.31 bits per heavy atom. The smallest absolute Gasteiger partial charge is 0.230 e. The van der Waals surface area contributed by atoms with Crippen LogP contribution >= 0.6 is 23.1 Å². The number of nitrogens with one attached hydrogen (secondary N) is 1. The number of thiophene rings is 1. The molecule has 2 aromatic heterocycles. The second-order valence-electron chi connectivity index (χ2n) is 6.62. The summed E-state index contributed by atoms with van der Waals surface area (Å²) in [4.78, 5) is 13.6. The molecule has 0 saturated heterocycles. The molecule has 0 atom stereocenters. The number of aryl methyl sites for hydroxylation is 1. The highest BCUT2D eigenvalue weighted by Gasteiger charge is 2.18. The molecule has 0 spiro atoms. The number of nitrogens with zero attached hydrogens (tertiary/aromatic N) is 3. The van der Waals surface area contributed by atoms with Gasteiger partial charge in [0.05, 0.1) is 5.75 Å². The number of hydrogen-bond donors (Lipinski definition) is 1. The summed E-state index contributed by atoms with van der Waals surface area (Å²) in [7, 11) is 0. The first-order valence-electron chi connectivity index (χ1n) is 9.68. The van der Waals surface area contributed by atoms with Crippen LogP contribution in [0.25, 0.3) is 11.4 Å². The van der Waals surface area contributed by atoms with Crippen molar-refractivity contribution in [2.75, 3.05) is 12.3 Å². The van der Waals surface area contributed by atoms with Crippen LogP contribution in [0.15, 0.2) is 53.5 Å². The maximum atomic E-state index is 12.2. The minimum Gasteiger partial charge on any atom is -0.355 e. The molecule has 0 radical (unpaired) electrons. The largest absolute Gasteiger partial charge is 0.355 e. The number of carbonyl (C=O) groups excluding carboxylic acids is 1. The second kappa shape index (κ2) is 10.4. The molecule has 0 aliphatic rings. The fourth-order valence-corrected chi connectivity index (χ4v) is 4.88. The summed E-state index contributed by atoms with van der Waals surface area (Å²) < 4.78 is 2.04. The van der Waals surface area contributed by atoms with Gasteiger partial charge in [0.2, 0.25) is 5.91 Å². The fourth-order valence-electron chi connectivity index (χ4n) is 3.17. The van der Waals surface area contributed by atoms with Crippen LogP contribution in [0.2, 0.25) is 0 Å². The predicted octanol–water partition coefficient (Wildman–Crippen LogP) is 4.51. The molecule has 0 bridgehead atoms. The molecular formula is C22H26N4OS2. The van der Waals surface area contributed by atoms with E-state index in [1.165, 1.54) is 27.8 Å². The van der Waals surface area contributed by atoms with Gasteiger partial charge in [-0.3, -0.25) is 9.36 Å². The summed E-state index contributed by atoms with van der Waals surface area (Å²) in [6, 6.07) is 10.1. The molecule has 1 amide bonds. The van der Waals surface area contributed by atoms with Crippen LogP contribution in [0.3, 0.4) is 0 Å². The molecule has 29 heavy (non-hydrogen) atoms. The van der Waals surface area contributed by atoms with Crippen molar-refractivity contribution >= 4 is 29.0 Å². The highest BCUT2D eigenvalue weighted by molar-refractivity contribution is 7.99. The quantitative estimate of drug-likeness (QED) is 0.383. The lowest BCUT2D eigenvalue weighted by atomic mass is 10.1. The van der Waals surface area contributed by atoms with Crippen molar-refractivity contribution in [1.29, 1.82) is 0 Å². The van der Waals surface area contributed by atoms with E-state index in [4.69, 9.17) is 0 Å². The first-order chi connectivity index (χ1) is 14.1. The van der Waals surface area contributed by atoms with Crippen LogP contribution < -0.4 is 5.32 Å². The molecule has 1 aromatic carbocycles. The van der Waals surface area contributed by atoms with E-state index >= 15 is 0 Å². The summed E-state index contributed by atoms with van der Waals surface area (Å²) in [6.45, 7) is 9.39. The Morgan fingerprint density at radius 2 is 2.10 bits per heavy atom. The first-order valence-corrected chi connectivity index (χ1v) is 11.5. The number of carbonyl (C=O) groups is 1. The Balaban J connectivity index is 1.62. The topological polar surface area (TPSA) is 59.8 Å². The van der Waals surface area contributed by atoms with Crippen molar-refractivity contribution in [3.8, 4) is 11.4 Å². The molecule has 2 heterocycles. The van der Waals surface area contributed by atoms with Crippen LogP contribution in [0.1, 0.15) is 22.9 Å². The Labute approximate surface area is 180 Å². The molecule has 7 heteroatoms. The zero-order valence-electron chi connectivity index (χ0n) is 16.9. The van der Waals surface area contributed by atoms with Crippen LogP contribution in [0.5, 0.6) is 0 Å². The molecule has 0 unspecified atom stereocenters. The van der Waals surface area contributed by atoms with Gasteiger partial charge < -0.3 is 5.32 Å². The summed E-state index contributed by atoms with van der Waals surface area (Å²) in [6.07, 6.45) is 3.62. The molecule has 1 N–H and O–H groups in total. The van der Waals surface area contributed by atoms with Crippen molar-refractivity contribution in [2.24, 2.45) is 0 Å². The molecule has 3 rings (SSSR count). The predicted molar refractivity (Wildman–Crippen MR) is 122 cm³/mol. The zero-order valence-corrected chi connectivity index (χ0v) is 18.5. The lowest BCUT2D eigenvalue weighted by molar-refractivity contribution is -0.118. The van der Waals surface area contributed by atoms with E-state index in [9.17, 15) is 4.79 Å². The normalized spacial score (nSPS) is 10.8. The molecule has 0 aliphatic carbocycles. The maximum absolute atomic E-state index is 12.2. The minimum atomic E-state index is 0.00117. The van der Waals surface area contributed by atoms with Gasteiger partial charge in [-0.1, -0.05) is 55.1 Å². The summed E-state index contributed by atoms with van der Waals surface area (Å²) >= 11 is 3.14. The summed E-state index contributed by atoms with van der Waals surface area (Å²) in [5.74, 6) is 1.16. The summed E-state index contributed by atoms with van der Waals surface area (Å²) in [5.41, 5.74) is 3.65. The van der Waals surface area contributed by atoms with Crippen molar-refractivity contribution in [3.05, 3.63) is 64.4 Å². The molecule has 0 saturated carbocycles. The molecule has 152 valence electrons. The minimum absolute atomic E-state index is 0.00117. The average molecular weight is 427 g/mol. The van der Waals surface area contributed by atoms with Gasteiger partial charge in [0.1, 0.15) is 0 Å². The molecule has 0 aliphatic heterocycles. The van der Waals surface area contributed by atoms with Crippen LogP contribution in [0.4, 0.5) is 0 Å². The Morgan fingerprint density at radius 3 is 2.83 bits per heavy atom. The number of allylic oxidation sites excluding steroid dienone is 1. The zero-order chi connectivity index (χ0) is 20.6. The van der Waals surface area contributed by atoms with Gasteiger partial charge in [-0.25, -0.2) is 0 Å². The van der Waals surface area contributed by atoms with Gasteiger partial charge in [0.25, 0.3) is 0 Å². The number of rotatable bonds is 10. The Hall–Kier alpha value is -2.38. The fraction of sp³-hybridized carbons (Fsp3) is 0.318. The monoisotopic (exact) mass is 426 g/mol. The number of hydrogen-bond acceptors (Lipinski definition) is 5. The molecular weight excluding hydrogens is 400 g/mol. The molecule has 5 nitrogen and oxygen atoms in total. The van der Waals surface area contributed by atoms with E-state index in [0.29, 0.717) is 18.8 Å². The first kappa shape index (κ1) is 21.3. The van der Waals surface area contributed by atoms with E-state index in [1.54, 1.807) is 11.3 Å². The number of benzene rings is 1. The molecule has 0 fully saturated rings. The SMILES string of the molecule is C=CCn1c(SCC(=O)NCCc2ccccc2)nnc1-c1csc(C)c1CC. The van der Waals surface area contributed by atoms with E-state index in [1.807, 2.05) is 28.8 Å². The van der Waals surface area contributed by atoms with E-state index in [0.717, 1.165) is 29.4 Å². The standard InChI is InChI=1S/C22H26N4OS2/c1-4-13-26-21(19-14-28-16(3)18(19)5-2)24-25-22(26)29-15-20(27)23-12-11-17-9-7-6-8-10-17/h4,6-10,14H,1,5,11-13,15H2,2-3H3,(H,23,27). The Bertz CT molecular complexity index is 963. The molecule has 3 aromatic rings. The van der Waals surface area contributed by atoms with Crippen molar-refractivity contribution in [1.82, 2.24) is 20.1 Å².